The van der Waals surface area contributed by atoms with Crippen LogP contribution in [-0.4, -0.2) is 28.6 Å². The van der Waals surface area contributed by atoms with Gasteiger partial charge in [0.2, 0.25) is 0 Å². The minimum absolute atomic E-state index is 0.0478. The minimum Gasteiger partial charge on any atom is -0.481 e. The highest BCUT2D eigenvalue weighted by Crippen LogP contribution is 2.68. The number of fused-ring (bicyclic) bond motifs is 5. The van der Waals surface area contributed by atoms with E-state index in [1.165, 1.54) is 70.6 Å². The Labute approximate surface area is 246 Å². The van der Waals surface area contributed by atoms with Crippen LogP contribution in [0.1, 0.15) is 139 Å². The average molecular weight is 561 g/mol. The van der Waals surface area contributed by atoms with E-state index < -0.39 is 18.2 Å². The quantitative estimate of drug-likeness (QED) is 0.184. The molecule has 0 aromatic rings. The van der Waals surface area contributed by atoms with E-state index in [4.69, 9.17) is 4.74 Å². The highest BCUT2D eigenvalue weighted by Gasteiger charge is 2.61. The molecule has 4 saturated carbocycles. The van der Waals surface area contributed by atoms with Gasteiger partial charge in [0.05, 0.1) is 12.0 Å². The second kappa shape index (κ2) is 12.9. The number of aliphatic carboxylic acids is 1. The fourth-order valence-electron chi connectivity index (χ4n) is 11.2. The molecule has 40 heavy (non-hydrogen) atoms. The molecule has 4 nitrogen and oxygen atoms in total. The van der Waals surface area contributed by atoms with Crippen LogP contribution in [-0.2, 0) is 9.53 Å². The highest BCUT2D eigenvalue weighted by molar-refractivity contribution is 5.69. The molecule has 13 atom stereocenters. The number of carboxylic acid groups (broad SMARTS) is 1. The molecular formula is C36H64O4. The van der Waals surface area contributed by atoms with Crippen molar-refractivity contribution in [3.05, 3.63) is 0 Å². The maximum absolute atomic E-state index is 11.7. The number of hydrogen-bond acceptors (Lipinski definition) is 3. The van der Waals surface area contributed by atoms with Crippen molar-refractivity contribution in [2.24, 2.45) is 70.0 Å². The Kier molecular flexibility index (Phi) is 10.5. The van der Waals surface area contributed by atoms with E-state index in [1.807, 2.05) is 13.8 Å². The van der Waals surface area contributed by atoms with Crippen molar-refractivity contribution >= 4 is 5.97 Å². The van der Waals surface area contributed by atoms with Crippen molar-refractivity contribution in [1.29, 1.82) is 0 Å². The lowest BCUT2D eigenvalue weighted by molar-refractivity contribution is -0.212. The summed E-state index contributed by atoms with van der Waals surface area (Å²) in [5.74, 6) is 4.07. The molecule has 2 N–H and O–H groups in total. The summed E-state index contributed by atoms with van der Waals surface area (Å²) in [6, 6.07) is 0. The smallest absolute Gasteiger partial charge is 0.306 e. The van der Waals surface area contributed by atoms with E-state index in [2.05, 4.69) is 34.6 Å². The molecule has 4 aliphatic carbocycles. The molecule has 0 bridgehead atoms. The summed E-state index contributed by atoms with van der Waals surface area (Å²) in [4.78, 5) is 11.7. The van der Waals surface area contributed by atoms with Crippen LogP contribution in [0.4, 0.5) is 0 Å². The van der Waals surface area contributed by atoms with Gasteiger partial charge in [-0.15, -0.1) is 0 Å². The average Bonchev–Trinajstić information content (AvgIpc) is 3.25. The molecule has 0 saturated heterocycles. The predicted molar refractivity (Wildman–Crippen MR) is 164 cm³/mol. The van der Waals surface area contributed by atoms with Gasteiger partial charge in [0.15, 0.2) is 6.29 Å². The van der Waals surface area contributed by atoms with Gasteiger partial charge in [-0.3, -0.25) is 4.79 Å². The van der Waals surface area contributed by atoms with E-state index >= 15 is 0 Å². The van der Waals surface area contributed by atoms with Crippen molar-refractivity contribution in [2.75, 3.05) is 0 Å². The monoisotopic (exact) mass is 560 g/mol. The first kappa shape index (κ1) is 32.3. The predicted octanol–water partition coefficient (Wildman–Crippen LogP) is 9.19. The molecule has 4 heteroatoms. The molecule has 11 unspecified atom stereocenters. The molecular weight excluding hydrogens is 496 g/mol. The molecule has 0 amide bonds. The summed E-state index contributed by atoms with van der Waals surface area (Å²) in [5, 5.41) is 20.6. The molecule has 0 spiro atoms. The number of carboxylic acids is 1. The van der Waals surface area contributed by atoms with Crippen molar-refractivity contribution in [1.82, 2.24) is 0 Å². The van der Waals surface area contributed by atoms with E-state index in [9.17, 15) is 15.0 Å². The van der Waals surface area contributed by atoms with Gasteiger partial charge in [-0.25, -0.2) is 0 Å². The maximum atomic E-state index is 11.7. The van der Waals surface area contributed by atoms with Crippen LogP contribution in [0.5, 0.6) is 0 Å². The number of ether oxygens (including phenoxy) is 1. The lowest BCUT2D eigenvalue weighted by Crippen LogP contribution is -2.54. The fourth-order valence-corrected chi connectivity index (χ4v) is 11.2. The second-order valence-corrected chi connectivity index (χ2v) is 16.1. The first-order chi connectivity index (χ1) is 18.8. The topological polar surface area (TPSA) is 66.8 Å². The third kappa shape index (κ3) is 6.06. The zero-order valence-corrected chi connectivity index (χ0v) is 27.3. The lowest BCUT2D eigenvalue weighted by atomic mass is 9.44. The standard InChI is InChI=1S/C36H64O4/c1-9-10-11-12-23(4)24(5)29-15-16-30-28-14-13-26-21-27(40-34(39)32(22(2)3)25(6)33(37)38)17-19-35(26,7)31(28)18-20-36(29,30)8/h22-32,34,39H,9-21H2,1-8H3,(H,37,38)/t23-,24?,25?,26?,27-,28?,29?,30?,31?,32?,34?,35?,36?/m0/s1. The number of aliphatic hydroxyl groups excluding tert-OH is 1. The third-order valence-electron chi connectivity index (χ3n) is 13.9. The van der Waals surface area contributed by atoms with Crippen molar-refractivity contribution in [3.8, 4) is 0 Å². The normalized spacial score (nSPS) is 41.4. The molecule has 0 radical (unpaired) electrons. The van der Waals surface area contributed by atoms with E-state index in [1.54, 1.807) is 6.92 Å². The zero-order valence-electron chi connectivity index (χ0n) is 27.3. The van der Waals surface area contributed by atoms with Crippen molar-refractivity contribution < 1.29 is 19.7 Å². The van der Waals surface area contributed by atoms with Crippen LogP contribution >= 0.6 is 0 Å². The molecule has 0 aromatic carbocycles. The molecule has 4 rings (SSSR count). The zero-order chi connectivity index (χ0) is 29.4. The van der Waals surface area contributed by atoms with Gasteiger partial charge in [0.25, 0.3) is 0 Å². The SMILES string of the molecule is CCCCC[C@H](C)C(C)C1CCC2C3CCC4C[C@@H](OC(O)C(C(C)C)C(C)C(=O)O)CCC4(C)C3CCC21C. The van der Waals surface area contributed by atoms with Gasteiger partial charge in [-0.05, 0) is 116 Å². The van der Waals surface area contributed by atoms with Crippen LogP contribution in [0.25, 0.3) is 0 Å². The summed E-state index contributed by atoms with van der Waals surface area (Å²) in [5.41, 5.74) is 0.915. The Morgan fingerprint density at radius 3 is 2.23 bits per heavy atom. The first-order valence-electron chi connectivity index (χ1n) is 17.4. The second-order valence-electron chi connectivity index (χ2n) is 16.1. The Bertz CT molecular complexity index is 841. The summed E-state index contributed by atoms with van der Waals surface area (Å²) in [6.07, 6.45) is 16.2. The molecule has 4 fully saturated rings. The van der Waals surface area contributed by atoms with Crippen LogP contribution in [0, 0.1) is 70.0 Å². The number of unbranched alkanes of at least 4 members (excludes halogenated alkanes) is 2. The number of carbonyl (C=O) groups is 1. The summed E-state index contributed by atoms with van der Waals surface area (Å²) in [7, 11) is 0. The minimum atomic E-state index is -1.01. The fraction of sp³-hybridized carbons (Fsp3) is 0.972. The first-order valence-corrected chi connectivity index (χ1v) is 17.4. The Morgan fingerprint density at radius 2 is 1.57 bits per heavy atom. The van der Waals surface area contributed by atoms with E-state index in [-0.39, 0.29) is 17.9 Å². The highest BCUT2D eigenvalue weighted by atomic mass is 16.6. The summed E-state index contributed by atoms with van der Waals surface area (Å²) >= 11 is 0. The van der Waals surface area contributed by atoms with Crippen molar-refractivity contribution in [2.45, 2.75) is 151 Å². The maximum Gasteiger partial charge on any atom is 0.306 e. The Morgan fingerprint density at radius 1 is 0.900 bits per heavy atom. The van der Waals surface area contributed by atoms with Gasteiger partial charge >= 0.3 is 5.97 Å². The molecule has 232 valence electrons. The van der Waals surface area contributed by atoms with Gasteiger partial charge in [-0.1, -0.05) is 81.1 Å². The van der Waals surface area contributed by atoms with Gasteiger partial charge in [-0.2, -0.15) is 0 Å². The molecule has 0 aliphatic heterocycles. The Balaban J connectivity index is 1.39. The van der Waals surface area contributed by atoms with Gasteiger partial charge < -0.3 is 14.9 Å². The molecule has 4 aliphatic rings. The van der Waals surface area contributed by atoms with E-state index in [0.717, 1.165) is 48.3 Å². The number of aliphatic hydroxyl groups is 1. The number of rotatable bonds is 12. The van der Waals surface area contributed by atoms with Crippen molar-refractivity contribution in [3.63, 3.8) is 0 Å². The third-order valence-corrected chi connectivity index (χ3v) is 13.9. The van der Waals surface area contributed by atoms with Crippen LogP contribution in [0.2, 0.25) is 0 Å². The van der Waals surface area contributed by atoms with Crippen LogP contribution < -0.4 is 0 Å². The van der Waals surface area contributed by atoms with E-state index in [0.29, 0.717) is 16.7 Å². The summed E-state index contributed by atoms with van der Waals surface area (Å²) in [6.45, 7) is 18.5. The van der Waals surface area contributed by atoms with Crippen LogP contribution in [0.15, 0.2) is 0 Å². The molecule has 0 heterocycles. The van der Waals surface area contributed by atoms with Gasteiger partial charge in [0, 0.05) is 5.92 Å². The van der Waals surface area contributed by atoms with Gasteiger partial charge in [0.1, 0.15) is 0 Å². The lowest BCUT2D eigenvalue weighted by Gasteiger charge is -2.61. The molecule has 0 aromatic heterocycles. The Hall–Kier alpha value is -0.610. The number of hydrogen-bond donors (Lipinski definition) is 2. The summed E-state index contributed by atoms with van der Waals surface area (Å²) < 4.78 is 6.29. The van der Waals surface area contributed by atoms with Crippen LogP contribution in [0.3, 0.4) is 0 Å². The largest absolute Gasteiger partial charge is 0.481 e.